The third kappa shape index (κ3) is 4.73. The van der Waals surface area contributed by atoms with E-state index in [-0.39, 0.29) is 0 Å². The minimum atomic E-state index is 0.848. The molecule has 0 radical (unpaired) electrons. The Balaban J connectivity index is 1.23. The number of ether oxygens (including phenoxy) is 1. The van der Waals surface area contributed by atoms with Gasteiger partial charge in [0.15, 0.2) is 0 Å². The molecule has 4 rings (SSSR count). The van der Waals surface area contributed by atoms with Crippen LogP contribution in [-0.4, -0.2) is 44.2 Å². The molecule has 0 spiro atoms. The van der Waals surface area contributed by atoms with Gasteiger partial charge in [0.05, 0.1) is 6.61 Å². The minimum absolute atomic E-state index is 0.848. The fourth-order valence-electron chi connectivity index (χ4n) is 5.07. The van der Waals surface area contributed by atoms with Crippen molar-refractivity contribution in [1.82, 2.24) is 4.90 Å². The van der Waals surface area contributed by atoms with Crippen molar-refractivity contribution in [2.24, 2.45) is 5.92 Å². The van der Waals surface area contributed by atoms with Crippen LogP contribution in [0.1, 0.15) is 63.4 Å². The fourth-order valence-corrected chi connectivity index (χ4v) is 5.07. The molecule has 144 valence electrons. The molecule has 0 aromatic heterocycles. The summed E-state index contributed by atoms with van der Waals surface area (Å²) in [5, 5.41) is 0. The molecule has 26 heavy (non-hydrogen) atoms. The smallest absolute Gasteiger partial charge is 0.119 e. The van der Waals surface area contributed by atoms with Gasteiger partial charge in [0.2, 0.25) is 0 Å². The van der Waals surface area contributed by atoms with Gasteiger partial charge in [-0.1, -0.05) is 25.7 Å². The zero-order valence-electron chi connectivity index (χ0n) is 16.4. The van der Waals surface area contributed by atoms with Crippen molar-refractivity contribution in [1.29, 1.82) is 0 Å². The second-order valence-electron chi connectivity index (χ2n) is 8.59. The molecule has 0 atom stereocenters. The first-order valence-corrected chi connectivity index (χ1v) is 11.1. The first-order valence-electron chi connectivity index (χ1n) is 11.1. The van der Waals surface area contributed by atoms with E-state index in [1.807, 2.05) is 0 Å². The fraction of sp³-hybridized carbons (Fsp3) is 0.739. The molecular formula is C23H36N2O. The first kappa shape index (κ1) is 18.2. The largest absolute Gasteiger partial charge is 0.494 e. The lowest BCUT2D eigenvalue weighted by Crippen LogP contribution is -2.31. The molecule has 3 aliphatic rings. The number of nitrogens with zero attached hydrogens (tertiary/aromatic N) is 2. The Bertz CT molecular complexity index is 561. The van der Waals surface area contributed by atoms with Crippen molar-refractivity contribution in [2.45, 2.75) is 64.2 Å². The summed E-state index contributed by atoms with van der Waals surface area (Å²) in [7, 11) is 0. The first-order chi connectivity index (χ1) is 12.9. The third-order valence-corrected chi connectivity index (χ3v) is 6.58. The predicted octanol–water partition coefficient (Wildman–Crippen LogP) is 4.88. The highest BCUT2D eigenvalue weighted by Gasteiger charge is 2.23. The van der Waals surface area contributed by atoms with Crippen LogP contribution in [0.2, 0.25) is 0 Å². The Kier molecular flexibility index (Phi) is 6.37. The zero-order valence-corrected chi connectivity index (χ0v) is 16.4. The lowest BCUT2D eigenvalue weighted by atomic mass is 9.89. The van der Waals surface area contributed by atoms with E-state index in [1.54, 1.807) is 0 Å². The van der Waals surface area contributed by atoms with Gasteiger partial charge >= 0.3 is 0 Å². The van der Waals surface area contributed by atoms with Crippen molar-refractivity contribution in [3.63, 3.8) is 0 Å². The number of piperidine rings is 1. The number of hydrogen-bond acceptors (Lipinski definition) is 3. The summed E-state index contributed by atoms with van der Waals surface area (Å²) in [6.45, 7) is 7.08. The van der Waals surface area contributed by atoms with Gasteiger partial charge < -0.3 is 14.5 Å². The van der Waals surface area contributed by atoms with E-state index in [4.69, 9.17) is 4.74 Å². The van der Waals surface area contributed by atoms with Crippen LogP contribution in [0, 0.1) is 5.92 Å². The van der Waals surface area contributed by atoms with Gasteiger partial charge in [-0.25, -0.2) is 0 Å². The molecule has 0 N–H and O–H groups in total. The number of benzene rings is 1. The summed E-state index contributed by atoms with van der Waals surface area (Å²) in [5.74, 6) is 1.99. The van der Waals surface area contributed by atoms with Crippen molar-refractivity contribution in [3.8, 4) is 5.75 Å². The van der Waals surface area contributed by atoms with Gasteiger partial charge in [0.1, 0.15) is 5.75 Å². The molecule has 1 aromatic carbocycles. The average Bonchev–Trinajstić information content (AvgIpc) is 3.09. The second kappa shape index (κ2) is 9.12. The van der Waals surface area contributed by atoms with Gasteiger partial charge in [-0.3, -0.25) is 0 Å². The van der Waals surface area contributed by atoms with E-state index >= 15 is 0 Å². The molecule has 1 aliphatic carbocycles. The Hall–Kier alpha value is -1.22. The molecule has 0 amide bonds. The average molecular weight is 357 g/mol. The summed E-state index contributed by atoms with van der Waals surface area (Å²) in [4.78, 5) is 5.23. The molecule has 0 unspecified atom stereocenters. The molecule has 2 fully saturated rings. The molecule has 3 nitrogen and oxygen atoms in total. The molecule has 1 saturated heterocycles. The lowest BCUT2D eigenvalue weighted by Gasteiger charge is -2.28. The quantitative estimate of drug-likeness (QED) is 0.647. The van der Waals surface area contributed by atoms with Gasteiger partial charge in [0.25, 0.3) is 0 Å². The van der Waals surface area contributed by atoms with Crippen molar-refractivity contribution < 1.29 is 4.74 Å². The number of likely N-dealkylation sites (tertiary alicyclic amines) is 1. The molecule has 0 bridgehead atoms. The van der Waals surface area contributed by atoms with Crippen LogP contribution >= 0.6 is 0 Å². The molecule has 1 aromatic rings. The minimum Gasteiger partial charge on any atom is -0.494 e. The number of hydrogen-bond donors (Lipinski definition) is 0. The molecule has 2 aliphatic heterocycles. The summed E-state index contributed by atoms with van der Waals surface area (Å²) in [5.41, 5.74) is 2.96. The highest BCUT2D eigenvalue weighted by Crippen LogP contribution is 2.34. The second-order valence-corrected chi connectivity index (χ2v) is 8.59. The summed E-state index contributed by atoms with van der Waals surface area (Å²) in [6.07, 6.45) is 13.7. The Labute approximate surface area is 159 Å². The van der Waals surface area contributed by atoms with E-state index < -0.39 is 0 Å². The maximum absolute atomic E-state index is 6.06. The van der Waals surface area contributed by atoms with Gasteiger partial charge in [-0.2, -0.15) is 0 Å². The van der Waals surface area contributed by atoms with Crippen LogP contribution < -0.4 is 9.64 Å². The van der Waals surface area contributed by atoms with E-state index in [9.17, 15) is 0 Å². The molecule has 2 heterocycles. The van der Waals surface area contributed by atoms with E-state index in [0.29, 0.717) is 0 Å². The Morgan fingerprint density at radius 1 is 0.923 bits per heavy atom. The number of rotatable bonds is 7. The number of anilines is 1. The zero-order chi connectivity index (χ0) is 17.6. The van der Waals surface area contributed by atoms with Crippen molar-refractivity contribution in [3.05, 3.63) is 23.8 Å². The van der Waals surface area contributed by atoms with Gasteiger partial charge in [0, 0.05) is 25.3 Å². The molecule has 3 heteroatoms. The van der Waals surface area contributed by atoms with Crippen LogP contribution in [0.4, 0.5) is 5.69 Å². The maximum atomic E-state index is 6.06. The molecular weight excluding hydrogens is 320 g/mol. The molecule has 1 saturated carbocycles. The topological polar surface area (TPSA) is 15.7 Å². The standard InChI is InChI=1S/C23H36N2O/c1-3-8-20(9-4-1)19-25-16-12-21-18-22(10-11-23(21)25)26-17-7-15-24-13-5-2-6-14-24/h10-11,18,20H,1-9,12-17,19H2. The highest BCUT2D eigenvalue weighted by atomic mass is 16.5. The summed E-state index contributed by atoms with van der Waals surface area (Å²) < 4.78 is 6.06. The number of fused-ring (bicyclic) bond motifs is 1. The van der Waals surface area contributed by atoms with Crippen LogP contribution in [0.5, 0.6) is 5.75 Å². The highest BCUT2D eigenvalue weighted by molar-refractivity contribution is 5.60. The summed E-state index contributed by atoms with van der Waals surface area (Å²) >= 11 is 0. The normalized spacial score (nSPS) is 21.8. The Morgan fingerprint density at radius 3 is 2.58 bits per heavy atom. The van der Waals surface area contributed by atoms with Crippen LogP contribution in [0.15, 0.2) is 18.2 Å². The third-order valence-electron chi connectivity index (χ3n) is 6.58. The SMILES string of the molecule is c1cc2c(cc1OCCCN1CCCCC1)CCN2CC1CCCCC1. The van der Waals surface area contributed by atoms with Crippen molar-refractivity contribution in [2.75, 3.05) is 44.2 Å². The Morgan fingerprint density at radius 2 is 1.73 bits per heavy atom. The summed E-state index contributed by atoms with van der Waals surface area (Å²) in [6, 6.07) is 6.81. The van der Waals surface area contributed by atoms with E-state index in [1.165, 1.54) is 102 Å². The van der Waals surface area contributed by atoms with Crippen molar-refractivity contribution >= 4 is 5.69 Å². The van der Waals surface area contributed by atoms with Crippen LogP contribution in [0.3, 0.4) is 0 Å². The van der Waals surface area contributed by atoms with E-state index in [2.05, 4.69) is 28.0 Å². The monoisotopic (exact) mass is 356 g/mol. The predicted molar refractivity (Wildman–Crippen MR) is 109 cm³/mol. The maximum Gasteiger partial charge on any atom is 0.119 e. The van der Waals surface area contributed by atoms with Gasteiger partial charge in [-0.05, 0) is 81.3 Å². The van der Waals surface area contributed by atoms with Gasteiger partial charge in [-0.15, -0.1) is 0 Å². The lowest BCUT2D eigenvalue weighted by molar-refractivity contribution is 0.205. The van der Waals surface area contributed by atoms with Crippen LogP contribution in [-0.2, 0) is 6.42 Å². The van der Waals surface area contributed by atoms with Crippen LogP contribution in [0.25, 0.3) is 0 Å². The van der Waals surface area contributed by atoms with E-state index in [0.717, 1.165) is 24.7 Å².